The second-order valence-electron chi connectivity index (χ2n) is 5.58. The lowest BCUT2D eigenvalue weighted by atomic mass is 10.1. The highest BCUT2D eigenvalue weighted by Gasteiger charge is 2.26. The van der Waals surface area contributed by atoms with E-state index in [1.54, 1.807) is 52.2 Å². The van der Waals surface area contributed by atoms with Crippen molar-refractivity contribution >= 4 is 23.6 Å². The number of carbonyl (C=O) groups is 3. The number of urea groups is 1. The largest absolute Gasteiger partial charge is 0.454 e. The van der Waals surface area contributed by atoms with Crippen LogP contribution in [0.2, 0.25) is 0 Å². The minimum Gasteiger partial charge on any atom is -0.454 e. The molecule has 0 saturated carbocycles. The highest BCUT2D eigenvalue weighted by atomic mass is 16.5. The number of esters is 1. The molecule has 0 fully saturated rings. The van der Waals surface area contributed by atoms with Crippen molar-refractivity contribution in [3.8, 4) is 0 Å². The van der Waals surface area contributed by atoms with Crippen LogP contribution in [-0.4, -0.2) is 49.6 Å². The topological polar surface area (TPSA) is 87.7 Å². The number of ether oxygens (including phenoxy) is 1. The van der Waals surface area contributed by atoms with Gasteiger partial charge in [0.05, 0.1) is 0 Å². The molecule has 1 rings (SSSR count). The van der Waals surface area contributed by atoms with Crippen LogP contribution in [0.5, 0.6) is 0 Å². The second-order valence-corrected chi connectivity index (χ2v) is 5.58. The van der Waals surface area contributed by atoms with E-state index in [0.717, 1.165) is 0 Å². The molecule has 23 heavy (non-hydrogen) atoms. The Kier molecular flexibility index (Phi) is 7.05. The van der Waals surface area contributed by atoms with Crippen LogP contribution in [-0.2, 0) is 14.3 Å². The molecule has 0 radical (unpaired) electrons. The summed E-state index contributed by atoms with van der Waals surface area (Å²) >= 11 is 0. The van der Waals surface area contributed by atoms with E-state index in [4.69, 9.17) is 4.74 Å². The van der Waals surface area contributed by atoms with Gasteiger partial charge in [-0.3, -0.25) is 4.79 Å². The highest BCUT2D eigenvalue weighted by Crippen LogP contribution is 2.07. The number of para-hydroxylation sites is 1. The third-order valence-corrected chi connectivity index (χ3v) is 3.08. The number of nitrogens with zero attached hydrogens (tertiary/aromatic N) is 1. The van der Waals surface area contributed by atoms with Crippen molar-refractivity contribution < 1.29 is 19.1 Å². The zero-order valence-electron chi connectivity index (χ0n) is 13.8. The third-order valence-electron chi connectivity index (χ3n) is 3.08. The second kappa shape index (κ2) is 8.77. The number of nitrogens with one attached hydrogen (secondary N) is 2. The van der Waals surface area contributed by atoms with Crippen LogP contribution in [0.15, 0.2) is 30.3 Å². The van der Waals surface area contributed by atoms with Gasteiger partial charge in [-0.05, 0) is 18.1 Å². The number of carbonyl (C=O) groups excluding carboxylic acids is 3. The van der Waals surface area contributed by atoms with Crippen LogP contribution in [0, 0.1) is 5.92 Å². The normalized spacial score (nSPS) is 11.5. The smallest absolute Gasteiger partial charge is 0.329 e. The molecule has 7 nitrogen and oxygen atoms in total. The van der Waals surface area contributed by atoms with E-state index in [2.05, 4.69) is 10.6 Å². The van der Waals surface area contributed by atoms with Crippen LogP contribution in [0.25, 0.3) is 0 Å². The fraction of sp³-hybridized carbons (Fsp3) is 0.438. The summed E-state index contributed by atoms with van der Waals surface area (Å²) in [7, 11) is 3.14. The predicted molar refractivity (Wildman–Crippen MR) is 86.9 cm³/mol. The molecule has 0 spiro atoms. The van der Waals surface area contributed by atoms with Gasteiger partial charge in [0.15, 0.2) is 6.61 Å². The molecule has 0 saturated heterocycles. The maximum Gasteiger partial charge on any atom is 0.329 e. The van der Waals surface area contributed by atoms with Gasteiger partial charge in [0.25, 0.3) is 5.91 Å². The summed E-state index contributed by atoms with van der Waals surface area (Å²) in [5.74, 6) is -1.15. The Hall–Kier alpha value is -2.57. The number of benzene rings is 1. The molecule has 1 aromatic rings. The van der Waals surface area contributed by atoms with Crippen molar-refractivity contribution in [2.75, 3.05) is 26.0 Å². The van der Waals surface area contributed by atoms with Crippen LogP contribution in [0.4, 0.5) is 10.5 Å². The Labute approximate surface area is 136 Å². The molecular weight excluding hydrogens is 298 g/mol. The predicted octanol–water partition coefficient (Wildman–Crippen LogP) is 1.46. The maximum atomic E-state index is 12.1. The Morgan fingerprint density at radius 1 is 1.13 bits per heavy atom. The molecular formula is C16H23N3O4. The van der Waals surface area contributed by atoms with Crippen molar-refractivity contribution in [1.82, 2.24) is 10.2 Å². The van der Waals surface area contributed by atoms with Gasteiger partial charge in [-0.25, -0.2) is 9.59 Å². The van der Waals surface area contributed by atoms with Gasteiger partial charge in [0.1, 0.15) is 6.04 Å². The van der Waals surface area contributed by atoms with Gasteiger partial charge >= 0.3 is 12.0 Å². The molecule has 0 bridgehead atoms. The molecule has 3 amide bonds. The molecule has 0 aromatic heterocycles. The number of rotatable bonds is 6. The third kappa shape index (κ3) is 6.37. The number of likely N-dealkylation sites (N-methyl/N-ethyl adjacent to an activating group) is 1. The van der Waals surface area contributed by atoms with Crippen LogP contribution in [0.3, 0.4) is 0 Å². The lowest BCUT2D eigenvalue weighted by molar-refractivity contribution is -0.153. The summed E-state index contributed by atoms with van der Waals surface area (Å²) in [6, 6.07) is 7.53. The van der Waals surface area contributed by atoms with E-state index in [1.807, 2.05) is 6.07 Å². The van der Waals surface area contributed by atoms with Crippen molar-refractivity contribution in [2.24, 2.45) is 5.92 Å². The number of hydrogen-bond acceptors (Lipinski definition) is 4. The first-order valence-corrected chi connectivity index (χ1v) is 7.30. The molecule has 0 unspecified atom stereocenters. The first kappa shape index (κ1) is 18.5. The quantitative estimate of drug-likeness (QED) is 0.777. The molecule has 0 aliphatic carbocycles. The summed E-state index contributed by atoms with van der Waals surface area (Å²) in [6.45, 7) is 3.21. The van der Waals surface area contributed by atoms with Gasteiger partial charge in [-0.1, -0.05) is 32.0 Å². The summed E-state index contributed by atoms with van der Waals surface area (Å²) in [6.07, 6.45) is 0. The first-order chi connectivity index (χ1) is 10.8. The lowest BCUT2D eigenvalue weighted by Gasteiger charge is -2.21. The number of amides is 3. The van der Waals surface area contributed by atoms with Gasteiger partial charge < -0.3 is 20.3 Å². The molecule has 0 aliphatic heterocycles. The Balaban J connectivity index is 2.58. The summed E-state index contributed by atoms with van der Waals surface area (Å²) < 4.78 is 4.97. The average molecular weight is 321 g/mol. The minimum absolute atomic E-state index is 0.182. The Bertz CT molecular complexity index is 544. The highest BCUT2D eigenvalue weighted by molar-refractivity contribution is 5.93. The summed E-state index contributed by atoms with van der Waals surface area (Å²) in [4.78, 5) is 36.8. The fourth-order valence-corrected chi connectivity index (χ4v) is 1.68. The maximum absolute atomic E-state index is 12.1. The first-order valence-electron chi connectivity index (χ1n) is 7.30. The van der Waals surface area contributed by atoms with E-state index in [1.165, 1.54) is 4.90 Å². The van der Waals surface area contributed by atoms with Crippen molar-refractivity contribution in [3.05, 3.63) is 30.3 Å². The summed E-state index contributed by atoms with van der Waals surface area (Å²) in [5.41, 5.74) is 0.614. The molecule has 0 aliphatic rings. The van der Waals surface area contributed by atoms with E-state index in [-0.39, 0.29) is 18.4 Å². The molecule has 2 N–H and O–H groups in total. The van der Waals surface area contributed by atoms with Gasteiger partial charge in [-0.15, -0.1) is 0 Å². The van der Waals surface area contributed by atoms with Gasteiger partial charge in [-0.2, -0.15) is 0 Å². The number of anilines is 1. The van der Waals surface area contributed by atoms with E-state index in [0.29, 0.717) is 5.69 Å². The average Bonchev–Trinajstić information content (AvgIpc) is 2.50. The van der Waals surface area contributed by atoms with Crippen LogP contribution >= 0.6 is 0 Å². The van der Waals surface area contributed by atoms with Crippen LogP contribution < -0.4 is 10.6 Å². The monoisotopic (exact) mass is 321 g/mol. The van der Waals surface area contributed by atoms with Gasteiger partial charge in [0.2, 0.25) is 0 Å². The van der Waals surface area contributed by atoms with E-state index in [9.17, 15) is 14.4 Å². The molecule has 126 valence electrons. The fourth-order valence-electron chi connectivity index (χ4n) is 1.68. The SMILES string of the molecule is CC(C)[C@@H](NC(=O)Nc1ccccc1)C(=O)OCC(=O)N(C)C. The Morgan fingerprint density at radius 2 is 1.74 bits per heavy atom. The summed E-state index contributed by atoms with van der Waals surface area (Å²) in [5, 5.41) is 5.20. The molecule has 1 aromatic carbocycles. The van der Waals surface area contributed by atoms with Crippen molar-refractivity contribution in [3.63, 3.8) is 0 Å². The molecule has 7 heteroatoms. The number of hydrogen-bond donors (Lipinski definition) is 2. The molecule has 1 atom stereocenters. The van der Waals surface area contributed by atoms with Crippen LogP contribution in [0.1, 0.15) is 13.8 Å². The standard InChI is InChI=1S/C16H23N3O4/c1-11(2)14(15(21)23-10-13(20)19(3)4)18-16(22)17-12-8-6-5-7-9-12/h5-9,11,14H,10H2,1-4H3,(H2,17,18,22)/t14-/m1/s1. The van der Waals surface area contributed by atoms with Crippen molar-refractivity contribution in [1.29, 1.82) is 0 Å². The van der Waals surface area contributed by atoms with Gasteiger partial charge in [0, 0.05) is 19.8 Å². The van der Waals surface area contributed by atoms with Crippen molar-refractivity contribution in [2.45, 2.75) is 19.9 Å². The zero-order valence-corrected chi connectivity index (χ0v) is 13.8. The molecule has 0 heterocycles. The Morgan fingerprint density at radius 3 is 2.26 bits per heavy atom. The van der Waals surface area contributed by atoms with E-state index < -0.39 is 18.0 Å². The zero-order chi connectivity index (χ0) is 17.4. The van der Waals surface area contributed by atoms with E-state index >= 15 is 0 Å². The minimum atomic E-state index is -0.839. The lowest BCUT2D eigenvalue weighted by Crippen LogP contribution is -2.47.